The Morgan fingerprint density at radius 1 is 1.20 bits per heavy atom. The van der Waals surface area contributed by atoms with Crippen LogP contribution in [0.1, 0.15) is 40.5 Å². The summed E-state index contributed by atoms with van der Waals surface area (Å²) in [5.74, 6) is -1.06. The Balaban J connectivity index is 5.12. The van der Waals surface area contributed by atoms with E-state index in [1.807, 2.05) is 27.7 Å². The Morgan fingerprint density at radius 3 is 1.87 bits per heavy atom. The van der Waals surface area contributed by atoms with Crippen LogP contribution in [0.2, 0.25) is 0 Å². The van der Waals surface area contributed by atoms with Gasteiger partial charge < -0.3 is 15.0 Å². The lowest BCUT2D eigenvalue weighted by Crippen LogP contribution is -2.66. The Morgan fingerprint density at radius 2 is 1.67 bits per heavy atom. The molecule has 0 saturated heterocycles. The van der Waals surface area contributed by atoms with Crippen LogP contribution < -0.4 is 5.11 Å². The first kappa shape index (κ1) is 14.4. The maximum absolute atomic E-state index is 11.1. The van der Waals surface area contributed by atoms with Gasteiger partial charge in [-0.2, -0.15) is 0 Å². The van der Waals surface area contributed by atoms with E-state index in [4.69, 9.17) is 0 Å². The molecule has 0 rings (SSSR count). The molecule has 0 aliphatic carbocycles. The van der Waals surface area contributed by atoms with E-state index in [0.29, 0.717) is 25.9 Å². The van der Waals surface area contributed by atoms with E-state index >= 15 is 0 Å². The minimum atomic E-state index is -1.06. The lowest BCUT2D eigenvalue weighted by atomic mass is 10.1. The molecule has 0 aromatic carbocycles. The molecule has 0 aliphatic rings. The molecule has 0 aromatic heterocycles. The average Bonchev–Trinajstić information content (AvgIpc) is 2.24. The highest BCUT2D eigenvalue weighted by Gasteiger charge is 2.39. The number of quaternary nitrogens is 1. The third-order valence-electron chi connectivity index (χ3n) is 3.42. The molecular formula is C11H23NO3. The number of aliphatic hydroxyl groups is 1. The molecule has 0 bridgehead atoms. The molecule has 2 atom stereocenters. The zero-order valence-electron chi connectivity index (χ0n) is 10.2. The molecule has 4 nitrogen and oxygen atoms in total. The minimum Gasteiger partial charge on any atom is -0.544 e. The number of aliphatic carboxylic acids is 1. The number of carbonyl (C=O) groups is 1. The summed E-state index contributed by atoms with van der Waals surface area (Å²) in [6.07, 6.45) is 0.426. The summed E-state index contributed by atoms with van der Waals surface area (Å²) in [7, 11) is 0. The molecule has 0 aliphatic heterocycles. The van der Waals surface area contributed by atoms with Crippen molar-refractivity contribution in [2.45, 2.75) is 52.8 Å². The van der Waals surface area contributed by atoms with Crippen LogP contribution in [-0.2, 0) is 4.79 Å². The summed E-state index contributed by atoms with van der Waals surface area (Å²) < 4.78 is 0.204. The van der Waals surface area contributed by atoms with E-state index in [0.717, 1.165) is 0 Å². The lowest BCUT2D eigenvalue weighted by Gasteiger charge is -2.46. The van der Waals surface area contributed by atoms with Gasteiger partial charge in [0.15, 0.2) is 6.23 Å². The average molecular weight is 217 g/mol. The normalized spacial score (nSPS) is 16.1. The topological polar surface area (TPSA) is 60.4 Å². The van der Waals surface area contributed by atoms with Crippen LogP contribution in [-0.4, -0.2) is 40.9 Å². The van der Waals surface area contributed by atoms with Crippen molar-refractivity contribution in [2.24, 2.45) is 0 Å². The first-order valence-corrected chi connectivity index (χ1v) is 5.75. The highest BCUT2D eigenvalue weighted by atomic mass is 16.4. The van der Waals surface area contributed by atoms with E-state index in [1.54, 1.807) is 0 Å². The third-order valence-corrected chi connectivity index (χ3v) is 3.42. The van der Waals surface area contributed by atoms with Gasteiger partial charge in [-0.1, -0.05) is 13.8 Å². The van der Waals surface area contributed by atoms with Gasteiger partial charge in [0.25, 0.3) is 0 Å². The Hall–Kier alpha value is -0.610. The maximum atomic E-state index is 11.1. The van der Waals surface area contributed by atoms with Crippen LogP contribution in [0.5, 0.6) is 0 Å². The summed E-state index contributed by atoms with van der Waals surface area (Å²) in [6, 6.07) is -0.616. The Labute approximate surface area is 92.1 Å². The van der Waals surface area contributed by atoms with E-state index in [2.05, 4.69) is 0 Å². The van der Waals surface area contributed by atoms with Crippen molar-refractivity contribution in [2.75, 3.05) is 13.1 Å². The Bertz CT molecular complexity index is 202. The molecule has 0 amide bonds. The fourth-order valence-corrected chi connectivity index (χ4v) is 2.40. The number of hydrogen-bond donors (Lipinski definition) is 1. The minimum absolute atomic E-state index is 0.204. The van der Waals surface area contributed by atoms with Gasteiger partial charge in [-0.25, -0.2) is 0 Å². The molecule has 1 N–H and O–H groups in total. The van der Waals surface area contributed by atoms with E-state index in [9.17, 15) is 15.0 Å². The van der Waals surface area contributed by atoms with Crippen molar-refractivity contribution in [1.82, 2.24) is 0 Å². The quantitative estimate of drug-likeness (QED) is 0.486. The first-order chi connectivity index (χ1) is 6.99. The number of nitrogens with zero attached hydrogens (tertiary/aromatic N) is 1. The largest absolute Gasteiger partial charge is 0.544 e. The summed E-state index contributed by atoms with van der Waals surface area (Å²) in [5.41, 5.74) is 0. The van der Waals surface area contributed by atoms with Crippen molar-refractivity contribution in [3.63, 3.8) is 0 Å². The summed E-state index contributed by atoms with van der Waals surface area (Å²) in [6.45, 7) is 8.73. The SMILES string of the molecule is CCC(O)[N+](CC)(CC)C(CC)C(=O)[O-]. The van der Waals surface area contributed by atoms with Crippen LogP contribution in [0.3, 0.4) is 0 Å². The molecule has 0 heterocycles. The third kappa shape index (κ3) is 2.69. The predicted octanol–water partition coefficient (Wildman–Crippen LogP) is 0.0999. The van der Waals surface area contributed by atoms with E-state index < -0.39 is 18.2 Å². The Kier molecular flexibility index (Phi) is 5.83. The van der Waals surface area contributed by atoms with Crippen molar-refractivity contribution in [3.05, 3.63) is 0 Å². The van der Waals surface area contributed by atoms with Crippen LogP contribution in [0.25, 0.3) is 0 Å². The summed E-state index contributed by atoms with van der Waals surface area (Å²) in [4.78, 5) is 11.1. The highest BCUT2D eigenvalue weighted by molar-refractivity contribution is 5.69. The molecule has 90 valence electrons. The molecule has 0 aromatic rings. The molecule has 2 unspecified atom stereocenters. The lowest BCUT2D eigenvalue weighted by molar-refractivity contribution is -0.984. The molecule has 0 saturated carbocycles. The van der Waals surface area contributed by atoms with Gasteiger partial charge in [-0.15, -0.1) is 0 Å². The fraction of sp³-hybridized carbons (Fsp3) is 0.909. The standard InChI is InChI=1S/C11H23NO3/c1-5-9(11(14)15)12(7-3,8-4)10(13)6-2/h9-10,13H,5-8H2,1-4H3. The molecular weight excluding hydrogens is 194 g/mol. The van der Waals surface area contributed by atoms with Crippen LogP contribution in [0.15, 0.2) is 0 Å². The molecule has 0 radical (unpaired) electrons. The number of likely N-dealkylation sites (N-methyl/N-ethyl adjacent to an activating group) is 1. The smallest absolute Gasteiger partial charge is 0.190 e. The number of rotatable bonds is 7. The number of hydrogen-bond acceptors (Lipinski definition) is 3. The monoisotopic (exact) mass is 217 g/mol. The van der Waals surface area contributed by atoms with Crippen LogP contribution in [0.4, 0.5) is 0 Å². The predicted molar refractivity (Wildman–Crippen MR) is 56.7 cm³/mol. The van der Waals surface area contributed by atoms with E-state index in [1.165, 1.54) is 0 Å². The van der Waals surface area contributed by atoms with Gasteiger partial charge in [0.1, 0.15) is 6.04 Å². The van der Waals surface area contributed by atoms with Gasteiger partial charge in [0.2, 0.25) is 0 Å². The number of aliphatic hydroxyl groups excluding tert-OH is 1. The van der Waals surface area contributed by atoms with Crippen LogP contribution in [0, 0.1) is 0 Å². The fourth-order valence-electron chi connectivity index (χ4n) is 2.40. The molecule has 15 heavy (non-hydrogen) atoms. The van der Waals surface area contributed by atoms with Gasteiger partial charge >= 0.3 is 0 Å². The number of carboxylic acid groups (broad SMARTS) is 1. The van der Waals surface area contributed by atoms with Gasteiger partial charge in [0, 0.05) is 12.8 Å². The van der Waals surface area contributed by atoms with Crippen molar-refractivity contribution >= 4 is 5.97 Å². The van der Waals surface area contributed by atoms with Gasteiger partial charge in [-0.05, 0) is 13.8 Å². The second-order valence-electron chi connectivity index (χ2n) is 3.87. The second kappa shape index (κ2) is 6.08. The van der Waals surface area contributed by atoms with Crippen molar-refractivity contribution in [1.29, 1.82) is 0 Å². The molecule has 0 fully saturated rings. The van der Waals surface area contributed by atoms with E-state index in [-0.39, 0.29) is 4.48 Å². The zero-order chi connectivity index (χ0) is 12.1. The zero-order valence-corrected chi connectivity index (χ0v) is 10.2. The van der Waals surface area contributed by atoms with Crippen molar-refractivity contribution < 1.29 is 19.5 Å². The van der Waals surface area contributed by atoms with Crippen molar-refractivity contribution in [3.8, 4) is 0 Å². The highest BCUT2D eigenvalue weighted by Crippen LogP contribution is 2.22. The summed E-state index contributed by atoms with van der Waals surface area (Å²) in [5, 5.41) is 21.1. The maximum Gasteiger partial charge on any atom is 0.190 e. The number of carbonyl (C=O) groups excluding carboxylic acids is 1. The van der Waals surface area contributed by atoms with Gasteiger partial charge in [0.05, 0.1) is 19.1 Å². The van der Waals surface area contributed by atoms with Crippen LogP contribution >= 0.6 is 0 Å². The van der Waals surface area contributed by atoms with Gasteiger partial charge in [-0.3, -0.25) is 4.48 Å². The summed E-state index contributed by atoms with van der Waals surface area (Å²) >= 11 is 0. The second-order valence-corrected chi connectivity index (χ2v) is 3.87. The molecule has 0 spiro atoms. The molecule has 4 heteroatoms. The number of carboxylic acids is 1. The first-order valence-electron chi connectivity index (χ1n) is 5.75.